The number of nitrogens with zero attached hydrogens (tertiary/aromatic N) is 2. The Morgan fingerprint density at radius 1 is 1.10 bits per heavy atom. The van der Waals surface area contributed by atoms with E-state index in [2.05, 4.69) is 58.8 Å². The Bertz CT molecular complexity index is 1000. The molecule has 0 saturated heterocycles. The number of benzene rings is 2. The van der Waals surface area contributed by atoms with Gasteiger partial charge in [0.1, 0.15) is 5.75 Å². The van der Waals surface area contributed by atoms with Crippen LogP contribution < -0.4 is 10.1 Å². The molecule has 0 spiro atoms. The van der Waals surface area contributed by atoms with Crippen LogP contribution >= 0.6 is 34.9 Å². The van der Waals surface area contributed by atoms with Crippen molar-refractivity contribution in [2.24, 2.45) is 5.92 Å². The number of carbonyl (C=O) groups is 1. The lowest BCUT2D eigenvalue weighted by Gasteiger charge is -2.18. The van der Waals surface area contributed by atoms with Crippen molar-refractivity contribution in [3.8, 4) is 5.75 Å². The Morgan fingerprint density at radius 3 is 2.42 bits per heavy atom. The first-order chi connectivity index (χ1) is 15.1. The summed E-state index contributed by atoms with van der Waals surface area (Å²) < 4.78 is 6.93. The average molecular weight is 472 g/mol. The molecule has 162 valence electrons. The van der Waals surface area contributed by atoms with Crippen molar-refractivity contribution in [3.63, 3.8) is 0 Å². The summed E-state index contributed by atoms with van der Waals surface area (Å²) >= 11 is 4.64. The summed E-state index contributed by atoms with van der Waals surface area (Å²) in [6.07, 6.45) is 2.36. The molecule has 0 bridgehead atoms. The summed E-state index contributed by atoms with van der Waals surface area (Å²) in [7, 11) is 1.67. The highest BCUT2D eigenvalue weighted by Crippen LogP contribution is 2.41. The van der Waals surface area contributed by atoms with Crippen molar-refractivity contribution in [1.29, 1.82) is 0 Å². The molecule has 1 aromatic heterocycles. The van der Waals surface area contributed by atoms with E-state index in [0.717, 1.165) is 20.2 Å². The molecule has 5 nitrogen and oxygen atoms in total. The number of ether oxygens (including phenoxy) is 1. The lowest BCUT2D eigenvalue weighted by atomic mass is 10.0. The summed E-state index contributed by atoms with van der Waals surface area (Å²) in [5.74, 6) is 2.63. The van der Waals surface area contributed by atoms with Gasteiger partial charge in [-0.25, -0.2) is 0 Å². The maximum absolute atomic E-state index is 12.6. The van der Waals surface area contributed by atoms with E-state index in [0.29, 0.717) is 11.7 Å². The van der Waals surface area contributed by atoms with Crippen LogP contribution in [0.15, 0.2) is 57.2 Å². The van der Waals surface area contributed by atoms with Crippen molar-refractivity contribution in [2.45, 2.75) is 40.2 Å². The van der Waals surface area contributed by atoms with E-state index < -0.39 is 0 Å². The van der Waals surface area contributed by atoms with Gasteiger partial charge in [-0.15, -0.1) is 10.2 Å². The Balaban J connectivity index is 1.25. The molecule has 1 atom stereocenters. The van der Waals surface area contributed by atoms with E-state index in [1.165, 1.54) is 52.6 Å². The second-order valence-corrected chi connectivity index (χ2v) is 11.0. The molecule has 4 rings (SSSR count). The monoisotopic (exact) mass is 471 g/mol. The molecule has 8 heteroatoms. The Hall–Kier alpha value is -2.03. The molecule has 31 heavy (non-hydrogen) atoms. The van der Waals surface area contributed by atoms with E-state index in [1.54, 1.807) is 18.9 Å². The van der Waals surface area contributed by atoms with Crippen molar-refractivity contribution < 1.29 is 9.53 Å². The van der Waals surface area contributed by atoms with Crippen LogP contribution in [0.25, 0.3) is 0 Å². The van der Waals surface area contributed by atoms with Gasteiger partial charge in [-0.2, -0.15) is 0 Å². The molecule has 1 heterocycles. The maximum atomic E-state index is 12.6. The second kappa shape index (κ2) is 10.5. The Kier molecular flexibility index (Phi) is 7.53. The quantitative estimate of drug-likeness (QED) is 0.394. The van der Waals surface area contributed by atoms with Crippen LogP contribution in [0.5, 0.6) is 5.75 Å². The van der Waals surface area contributed by atoms with Gasteiger partial charge in [-0.1, -0.05) is 76.8 Å². The number of aromatic nitrogens is 2. The van der Waals surface area contributed by atoms with Gasteiger partial charge < -0.3 is 10.1 Å². The zero-order chi connectivity index (χ0) is 21.6. The van der Waals surface area contributed by atoms with Crippen LogP contribution in [0.1, 0.15) is 35.6 Å². The predicted octanol–water partition coefficient (Wildman–Crippen LogP) is 5.51. The fraction of sp³-hybridized carbons (Fsp3) is 0.348. The maximum Gasteiger partial charge on any atom is 0.230 e. The lowest BCUT2D eigenvalue weighted by molar-refractivity contribution is -0.119. The molecule has 3 aromatic rings. The summed E-state index contributed by atoms with van der Waals surface area (Å²) in [6, 6.07) is 16.6. The van der Waals surface area contributed by atoms with E-state index in [9.17, 15) is 4.79 Å². The fourth-order valence-corrected chi connectivity index (χ4v) is 5.99. The Morgan fingerprint density at radius 2 is 1.77 bits per heavy atom. The third-order valence-electron chi connectivity index (χ3n) is 5.08. The number of nitrogens with one attached hydrogen (secondary N) is 1. The summed E-state index contributed by atoms with van der Waals surface area (Å²) in [4.78, 5) is 12.6. The van der Waals surface area contributed by atoms with Crippen LogP contribution in [-0.4, -0.2) is 29.0 Å². The predicted molar refractivity (Wildman–Crippen MR) is 128 cm³/mol. The van der Waals surface area contributed by atoms with Crippen molar-refractivity contribution in [2.75, 3.05) is 12.9 Å². The van der Waals surface area contributed by atoms with E-state index in [1.807, 2.05) is 12.1 Å². The van der Waals surface area contributed by atoms with E-state index in [-0.39, 0.29) is 11.9 Å². The molecule has 2 aromatic carbocycles. The molecule has 1 N–H and O–H groups in total. The first kappa shape index (κ1) is 22.2. The van der Waals surface area contributed by atoms with Crippen LogP contribution in [0, 0.1) is 12.8 Å². The van der Waals surface area contributed by atoms with Gasteiger partial charge >= 0.3 is 0 Å². The number of amides is 1. The number of hydrogen-bond donors (Lipinski definition) is 1. The number of carbonyl (C=O) groups excluding carboxylic acids is 1. The highest BCUT2D eigenvalue weighted by molar-refractivity contribution is 8.03. The van der Waals surface area contributed by atoms with Crippen LogP contribution in [-0.2, 0) is 10.5 Å². The summed E-state index contributed by atoms with van der Waals surface area (Å²) in [6.45, 7) is 2.08. The largest absolute Gasteiger partial charge is 0.497 e. The van der Waals surface area contributed by atoms with Gasteiger partial charge in [-0.05, 0) is 48.9 Å². The zero-order valence-electron chi connectivity index (χ0n) is 17.5. The number of methoxy groups -OCH3 is 1. The van der Waals surface area contributed by atoms with E-state index in [4.69, 9.17) is 4.74 Å². The van der Waals surface area contributed by atoms with Gasteiger partial charge in [0.15, 0.2) is 8.68 Å². The SMILES string of the molecule is COc1ccc(CSc2nnc(SCC(=O)NC(c3ccc(C)cc3)C3CC3)s2)cc1. The minimum Gasteiger partial charge on any atom is -0.497 e. The lowest BCUT2D eigenvalue weighted by Crippen LogP contribution is -2.31. The van der Waals surface area contributed by atoms with Gasteiger partial charge in [0.25, 0.3) is 0 Å². The second-order valence-electron chi connectivity index (χ2n) is 7.55. The van der Waals surface area contributed by atoms with Gasteiger partial charge in [0.05, 0.1) is 18.9 Å². The fourth-order valence-electron chi connectivity index (χ4n) is 3.20. The van der Waals surface area contributed by atoms with Gasteiger partial charge in [-0.3, -0.25) is 4.79 Å². The van der Waals surface area contributed by atoms with Gasteiger partial charge in [0.2, 0.25) is 5.91 Å². The van der Waals surface area contributed by atoms with Crippen molar-refractivity contribution in [1.82, 2.24) is 15.5 Å². The first-order valence-corrected chi connectivity index (χ1v) is 13.0. The summed E-state index contributed by atoms with van der Waals surface area (Å²) in [5.41, 5.74) is 3.63. The number of rotatable bonds is 10. The van der Waals surface area contributed by atoms with Crippen LogP contribution in [0.2, 0.25) is 0 Å². The van der Waals surface area contributed by atoms with Crippen LogP contribution in [0.4, 0.5) is 0 Å². The number of hydrogen-bond acceptors (Lipinski definition) is 7. The average Bonchev–Trinajstić information content (AvgIpc) is 3.54. The zero-order valence-corrected chi connectivity index (χ0v) is 20.0. The molecule has 0 aliphatic heterocycles. The third kappa shape index (κ3) is 6.48. The smallest absolute Gasteiger partial charge is 0.230 e. The third-order valence-corrected chi connectivity index (χ3v) is 8.34. The molecule has 1 aliphatic rings. The van der Waals surface area contributed by atoms with E-state index >= 15 is 0 Å². The molecule has 0 radical (unpaired) electrons. The van der Waals surface area contributed by atoms with Crippen molar-refractivity contribution >= 4 is 40.8 Å². The Labute approximate surface area is 195 Å². The van der Waals surface area contributed by atoms with Gasteiger partial charge in [0, 0.05) is 5.75 Å². The molecular formula is C23H25N3O2S3. The summed E-state index contributed by atoms with van der Waals surface area (Å²) in [5, 5.41) is 11.7. The molecule has 1 aliphatic carbocycles. The normalized spacial score (nSPS) is 14.3. The number of aryl methyl sites for hydroxylation is 1. The molecular weight excluding hydrogens is 446 g/mol. The number of thioether (sulfide) groups is 2. The molecule has 1 saturated carbocycles. The van der Waals surface area contributed by atoms with Crippen LogP contribution in [0.3, 0.4) is 0 Å². The molecule has 1 fully saturated rings. The first-order valence-electron chi connectivity index (χ1n) is 10.2. The standard InChI is InChI=1S/C23H25N3O2S3/c1-15-3-7-17(8-4-15)21(18-9-10-18)24-20(27)14-30-23-26-25-22(31-23)29-13-16-5-11-19(28-2)12-6-16/h3-8,11-12,18,21H,9-10,13-14H2,1-2H3,(H,24,27). The highest BCUT2D eigenvalue weighted by atomic mass is 32.2. The molecule has 1 unspecified atom stereocenters. The minimum atomic E-state index is 0.0464. The topological polar surface area (TPSA) is 64.1 Å². The van der Waals surface area contributed by atoms with Crippen molar-refractivity contribution in [3.05, 3.63) is 65.2 Å². The highest BCUT2D eigenvalue weighted by Gasteiger charge is 2.33. The minimum absolute atomic E-state index is 0.0464. The molecule has 1 amide bonds.